The van der Waals surface area contributed by atoms with Crippen LogP contribution in [0.15, 0.2) is 35.3 Å². The van der Waals surface area contributed by atoms with Crippen molar-refractivity contribution >= 4 is 24.4 Å². The zero-order valence-electron chi connectivity index (χ0n) is 16.9. The minimum atomic E-state index is -1.03. The van der Waals surface area contributed by atoms with Crippen LogP contribution < -0.4 is 0 Å². The third-order valence-electron chi connectivity index (χ3n) is 5.47. The highest BCUT2D eigenvalue weighted by Gasteiger charge is 2.40. The second-order valence-electron chi connectivity index (χ2n) is 7.18. The van der Waals surface area contributed by atoms with Crippen LogP contribution in [-0.4, -0.2) is 55.9 Å². The summed E-state index contributed by atoms with van der Waals surface area (Å²) in [6, 6.07) is 8.60. The van der Waals surface area contributed by atoms with E-state index in [0.717, 1.165) is 11.8 Å². The fourth-order valence-corrected chi connectivity index (χ4v) is 4.06. The summed E-state index contributed by atoms with van der Waals surface area (Å²) in [7, 11) is 1.24. The standard InChI is InChI=1S/C22H29NO6/c1-3-29-20(26)11-16-9-10-17(13-24)21(15-7-5-4-6-8-15)18(16)12-23-19(14-25)22(27)28-2/h4-8,12-13,16-19,21,25H,3,9-11,14H2,1-2H3/t16-,17-,18?,19+,21-/m0/s1. The van der Waals surface area contributed by atoms with Gasteiger partial charge in [0, 0.05) is 30.4 Å². The molecule has 0 radical (unpaired) electrons. The van der Waals surface area contributed by atoms with Crippen molar-refractivity contribution in [3.05, 3.63) is 35.9 Å². The van der Waals surface area contributed by atoms with Gasteiger partial charge in [0.2, 0.25) is 0 Å². The van der Waals surface area contributed by atoms with Gasteiger partial charge < -0.3 is 19.4 Å². The van der Waals surface area contributed by atoms with Crippen LogP contribution in [0.5, 0.6) is 0 Å². The van der Waals surface area contributed by atoms with E-state index in [4.69, 9.17) is 4.74 Å². The number of aliphatic hydroxyl groups excluding tert-OH is 1. The Balaban J connectivity index is 2.39. The van der Waals surface area contributed by atoms with Crippen LogP contribution in [0.25, 0.3) is 0 Å². The third kappa shape index (κ3) is 5.97. The van der Waals surface area contributed by atoms with Crippen molar-refractivity contribution in [1.29, 1.82) is 0 Å². The van der Waals surface area contributed by atoms with Crippen molar-refractivity contribution in [2.45, 2.75) is 38.1 Å². The number of hydrogen-bond acceptors (Lipinski definition) is 7. The lowest BCUT2D eigenvalue weighted by molar-refractivity contribution is -0.145. The number of aliphatic imine (C=N–C) groups is 1. The predicted octanol–water partition coefficient (Wildman–Crippen LogP) is 2.17. The summed E-state index contributed by atoms with van der Waals surface area (Å²) in [5.41, 5.74) is 0.980. The molecule has 1 fully saturated rings. The highest BCUT2D eigenvalue weighted by Crippen LogP contribution is 2.45. The lowest BCUT2D eigenvalue weighted by Gasteiger charge is -2.39. The fraction of sp³-hybridized carbons (Fsp3) is 0.545. The molecule has 1 aliphatic carbocycles. The van der Waals surface area contributed by atoms with Gasteiger partial charge in [0.15, 0.2) is 6.04 Å². The van der Waals surface area contributed by atoms with Crippen molar-refractivity contribution in [1.82, 2.24) is 0 Å². The fourth-order valence-electron chi connectivity index (χ4n) is 4.06. The second-order valence-corrected chi connectivity index (χ2v) is 7.18. The number of carbonyl (C=O) groups excluding carboxylic acids is 3. The van der Waals surface area contributed by atoms with Crippen LogP contribution >= 0.6 is 0 Å². The number of carbonyl (C=O) groups is 3. The van der Waals surface area contributed by atoms with Crippen LogP contribution in [0.2, 0.25) is 0 Å². The maximum absolute atomic E-state index is 12.1. The van der Waals surface area contributed by atoms with Crippen LogP contribution in [0.1, 0.15) is 37.7 Å². The molecular weight excluding hydrogens is 374 g/mol. The summed E-state index contributed by atoms with van der Waals surface area (Å²) in [5, 5.41) is 9.47. The molecule has 0 aliphatic heterocycles. The smallest absolute Gasteiger partial charge is 0.332 e. The first-order valence-corrected chi connectivity index (χ1v) is 9.93. The first-order chi connectivity index (χ1) is 14.0. The molecule has 29 heavy (non-hydrogen) atoms. The molecule has 1 N–H and O–H groups in total. The quantitative estimate of drug-likeness (QED) is 0.385. The van der Waals surface area contributed by atoms with Gasteiger partial charge in [-0.1, -0.05) is 30.3 Å². The van der Waals surface area contributed by atoms with Gasteiger partial charge in [-0.2, -0.15) is 0 Å². The Morgan fingerprint density at radius 3 is 2.59 bits per heavy atom. The molecular formula is C22H29NO6. The number of nitrogens with zero attached hydrogens (tertiary/aromatic N) is 1. The molecule has 0 spiro atoms. The van der Waals surface area contributed by atoms with Gasteiger partial charge in [-0.25, -0.2) is 4.79 Å². The molecule has 0 aromatic heterocycles. The number of aldehydes is 1. The zero-order valence-corrected chi connectivity index (χ0v) is 16.9. The summed E-state index contributed by atoms with van der Waals surface area (Å²) < 4.78 is 9.80. The summed E-state index contributed by atoms with van der Waals surface area (Å²) in [6.45, 7) is 1.58. The Labute approximate surface area is 171 Å². The van der Waals surface area contributed by atoms with E-state index in [1.807, 2.05) is 30.3 Å². The van der Waals surface area contributed by atoms with Gasteiger partial charge in [-0.05, 0) is 31.2 Å². The minimum Gasteiger partial charge on any atom is -0.467 e. The molecule has 1 saturated carbocycles. The van der Waals surface area contributed by atoms with Crippen molar-refractivity contribution in [2.75, 3.05) is 20.3 Å². The Morgan fingerprint density at radius 2 is 2.00 bits per heavy atom. The average Bonchev–Trinajstić information content (AvgIpc) is 2.75. The molecule has 0 bridgehead atoms. The molecule has 158 valence electrons. The molecule has 1 unspecified atom stereocenters. The maximum Gasteiger partial charge on any atom is 0.332 e. The molecule has 7 heteroatoms. The first kappa shape index (κ1) is 22.7. The van der Waals surface area contributed by atoms with Crippen LogP contribution in [0.4, 0.5) is 0 Å². The monoisotopic (exact) mass is 403 g/mol. The minimum absolute atomic E-state index is 0.0869. The summed E-state index contributed by atoms with van der Waals surface area (Å²) in [5.74, 6) is -1.68. The van der Waals surface area contributed by atoms with Crippen molar-refractivity contribution in [3.8, 4) is 0 Å². The molecule has 1 aliphatic rings. The van der Waals surface area contributed by atoms with Crippen LogP contribution in [0, 0.1) is 17.8 Å². The number of ether oxygens (including phenoxy) is 2. The van der Waals surface area contributed by atoms with E-state index in [-0.39, 0.29) is 36.1 Å². The van der Waals surface area contributed by atoms with Crippen LogP contribution in [-0.2, 0) is 23.9 Å². The maximum atomic E-state index is 12.1. The number of methoxy groups -OCH3 is 1. The van der Waals surface area contributed by atoms with Gasteiger partial charge in [0.25, 0.3) is 0 Å². The number of benzene rings is 1. The summed E-state index contributed by atoms with van der Waals surface area (Å²) in [4.78, 5) is 40.0. The van der Waals surface area contributed by atoms with Gasteiger partial charge in [0.1, 0.15) is 6.29 Å². The van der Waals surface area contributed by atoms with E-state index in [1.54, 1.807) is 13.1 Å². The first-order valence-electron chi connectivity index (χ1n) is 9.93. The largest absolute Gasteiger partial charge is 0.467 e. The predicted molar refractivity (Wildman–Crippen MR) is 108 cm³/mol. The van der Waals surface area contributed by atoms with E-state index < -0.39 is 18.6 Å². The second kappa shape index (κ2) is 11.5. The number of hydrogen-bond donors (Lipinski definition) is 1. The highest BCUT2D eigenvalue weighted by molar-refractivity contribution is 5.79. The van der Waals surface area contributed by atoms with Crippen molar-refractivity contribution in [2.24, 2.45) is 22.7 Å². The van der Waals surface area contributed by atoms with Gasteiger partial charge in [0.05, 0.1) is 20.3 Å². The molecule has 1 aromatic rings. The van der Waals surface area contributed by atoms with E-state index in [0.29, 0.717) is 19.4 Å². The molecule has 5 atom stereocenters. The topological polar surface area (TPSA) is 102 Å². The van der Waals surface area contributed by atoms with Gasteiger partial charge in [-0.15, -0.1) is 0 Å². The van der Waals surface area contributed by atoms with E-state index in [1.165, 1.54) is 7.11 Å². The Bertz CT molecular complexity index is 705. The number of rotatable bonds is 9. The molecule has 7 nitrogen and oxygen atoms in total. The zero-order chi connectivity index (χ0) is 21.2. The van der Waals surface area contributed by atoms with Gasteiger partial charge in [-0.3, -0.25) is 9.79 Å². The normalized spacial score (nSPS) is 25.3. The summed E-state index contributed by atoms with van der Waals surface area (Å²) in [6.07, 6.45) is 4.13. The molecule has 0 saturated heterocycles. The molecule has 2 rings (SSSR count). The van der Waals surface area contributed by atoms with E-state index in [2.05, 4.69) is 9.73 Å². The lowest BCUT2D eigenvalue weighted by atomic mass is 9.64. The highest BCUT2D eigenvalue weighted by atomic mass is 16.5. The van der Waals surface area contributed by atoms with Crippen LogP contribution in [0.3, 0.4) is 0 Å². The molecule has 1 aromatic carbocycles. The van der Waals surface area contributed by atoms with Crippen molar-refractivity contribution in [3.63, 3.8) is 0 Å². The van der Waals surface area contributed by atoms with Gasteiger partial charge >= 0.3 is 11.9 Å². The third-order valence-corrected chi connectivity index (χ3v) is 5.47. The lowest BCUT2D eigenvalue weighted by Crippen LogP contribution is -2.37. The van der Waals surface area contributed by atoms with Crippen molar-refractivity contribution < 1.29 is 29.0 Å². The van der Waals surface area contributed by atoms with E-state index in [9.17, 15) is 19.5 Å². The average molecular weight is 403 g/mol. The SMILES string of the molecule is CCOC(=O)C[C@@H]1CC[C@@H](C=O)[C@H](c2ccccc2)C1C=N[C@H](CO)C(=O)OC. The Hall–Kier alpha value is -2.54. The van der Waals surface area contributed by atoms with E-state index >= 15 is 0 Å². The number of esters is 2. The molecule has 0 heterocycles. The molecule has 0 amide bonds. The summed E-state index contributed by atoms with van der Waals surface area (Å²) >= 11 is 0. The number of aliphatic hydroxyl groups is 1. The Morgan fingerprint density at radius 1 is 1.28 bits per heavy atom. The Kier molecular flexibility index (Phi) is 8.99.